The standard InChI is InChI=1S/C16H25NO3/c1-6-17-13(8-14(18)19)16(20)15-11(4)9(2)7-10(3)12(15)5/h7,13,16-17,20H,6,8H2,1-5H3,(H,18,19). The molecule has 1 rings (SSSR count). The SMILES string of the molecule is CCNC(CC(=O)O)C(O)c1c(C)c(C)cc(C)c1C. The largest absolute Gasteiger partial charge is 0.481 e. The summed E-state index contributed by atoms with van der Waals surface area (Å²) in [5.74, 6) is -0.908. The van der Waals surface area contributed by atoms with Crippen LogP contribution in [-0.2, 0) is 4.79 Å². The van der Waals surface area contributed by atoms with Crippen molar-refractivity contribution in [3.8, 4) is 0 Å². The fraction of sp³-hybridized carbons (Fsp3) is 0.562. The zero-order valence-corrected chi connectivity index (χ0v) is 12.9. The first-order chi connectivity index (χ1) is 9.29. The van der Waals surface area contributed by atoms with Crippen LogP contribution in [0.4, 0.5) is 0 Å². The molecule has 0 saturated heterocycles. The number of likely N-dealkylation sites (N-methyl/N-ethyl adjacent to an activating group) is 1. The van der Waals surface area contributed by atoms with Gasteiger partial charge in [-0.05, 0) is 62.1 Å². The number of hydrogen-bond acceptors (Lipinski definition) is 3. The highest BCUT2D eigenvalue weighted by atomic mass is 16.4. The van der Waals surface area contributed by atoms with Crippen molar-refractivity contribution >= 4 is 5.97 Å². The first-order valence-electron chi connectivity index (χ1n) is 7.00. The van der Waals surface area contributed by atoms with E-state index in [4.69, 9.17) is 5.11 Å². The lowest BCUT2D eigenvalue weighted by Crippen LogP contribution is -2.37. The van der Waals surface area contributed by atoms with Crippen LogP contribution in [0.1, 0.15) is 47.3 Å². The van der Waals surface area contributed by atoms with E-state index in [1.165, 1.54) is 0 Å². The fourth-order valence-electron chi connectivity index (χ4n) is 2.64. The van der Waals surface area contributed by atoms with Crippen molar-refractivity contribution in [3.63, 3.8) is 0 Å². The van der Waals surface area contributed by atoms with Crippen LogP contribution in [0.25, 0.3) is 0 Å². The number of aliphatic hydroxyl groups excluding tert-OH is 1. The predicted molar refractivity (Wildman–Crippen MR) is 80.1 cm³/mol. The number of carbonyl (C=O) groups is 1. The minimum Gasteiger partial charge on any atom is -0.481 e. The van der Waals surface area contributed by atoms with Crippen LogP contribution in [0.15, 0.2) is 6.07 Å². The van der Waals surface area contributed by atoms with E-state index in [1.54, 1.807) is 0 Å². The van der Waals surface area contributed by atoms with Gasteiger partial charge in [0.2, 0.25) is 0 Å². The van der Waals surface area contributed by atoms with Crippen molar-refractivity contribution in [2.75, 3.05) is 6.54 Å². The van der Waals surface area contributed by atoms with Gasteiger partial charge in [0.1, 0.15) is 0 Å². The Balaban J connectivity index is 3.23. The third-order valence-electron chi connectivity index (χ3n) is 3.96. The van der Waals surface area contributed by atoms with Crippen LogP contribution in [0.2, 0.25) is 0 Å². The maximum Gasteiger partial charge on any atom is 0.305 e. The smallest absolute Gasteiger partial charge is 0.305 e. The summed E-state index contributed by atoms with van der Waals surface area (Å²) < 4.78 is 0. The normalized spacial score (nSPS) is 14.1. The number of benzene rings is 1. The van der Waals surface area contributed by atoms with E-state index in [0.717, 1.165) is 27.8 Å². The zero-order valence-electron chi connectivity index (χ0n) is 12.9. The molecule has 4 heteroatoms. The number of nitrogens with one attached hydrogen (secondary N) is 1. The Morgan fingerprint density at radius 2 is 1.70 bits per heavy atom. The van der Waals surface area contributed by atoms with E-state index < -0.39 is 18.1 Å². The number of carboxylic acid groups (broad SMARTS) is 1. The summed E-state index contributed by atoms with van der Waals surface area (Å²) in [6.07, 6.45) is -0.911. The second kappa shape index (κ2) is 6.86. The van der Waals surface area contributed by atoms with Gasteiger partial charge in [-0.2, -0.15) is 0 Å². The second-order valence-corrected chi connectivity index (χ2v) is 5.38. The molecule has 0 bridgehead atoms. The van der Waals surface area contributed by atoms with Crippen LogP contribution < -0.4 is 5.32 Å². The number of aliphatic hydroxyl groups is 1. The zero-order chi connectivity index (χ0) is 15.4. The van der Waals surface area contributed by atoms with Gasteiger partial charge < -0.3 is 15.5 Å². The Hall–Kier alpha value is -1.39. The Kier molecular flexibility index (Phi) is 5.72. The molecule has 0 saturated carbocycles. The number of aliphatic carboxylic acids is 1. The predicted octanol–water partition coefficient (Wildman–Crippen LogP) is 2.41. The average Bonchev–Trinajstić information content (AvgIpc) is 2.35. The Labute approximate surface area is 120 Å². The third kappa shape index (κ3) is 3.58. The van der Waals surface area contributed by atoms with E-state index in [-0.39, 0.29) is 6.42 Å². The summed E-state index contributed by atoms with van der Waals surface area (Å²) >= 11 is 0. The molecule has 3 N–H and O–H groups in total. The van der Waals surface area contributed by atoms with Crippen LogP contribution >= 0.6 is 0 Å². The Morgan fingerprint density at radius 3 is 2.10 bits per heavy atom. The molecule has 0 amide bonds. The lowest BCUT2D eigenvalue weighted by Gasteiger charge is -2.27. The van der Waals surface area contributed by atoms with Crippen molar-refractivity contribution < 1.29 is 15.0 Å². The summed E-state index contributed by atoms with van der Waals surface area (Å²) in [4.78, 5) is 11.0. The summed E-state index contributed by atoms with van der Waals surface area (Å²) in [5.41, 5.74) is 5.16. The Bertz CT molecular complexity index is 471. The first kappa shape index (κ1) is 16.7. The molecule has 112 valence electrons. The minimum absolute atomic E-state index is 0.0964. The van der Waals surface area contributed by atoms with Crippen molar-refractivity contribution in [2.45, 2.75) is 53.2 Å². The molecule has 1 aromatic carbocycles. The molecule has 1 aromatic rings. The van der Waals surface area contributed by atoms with Gasteiger partial charge in [0, 0.05) is 6.04 Å². The molecule has 4 nitrogen and oxygen atoms in total. The summed E-state index contributed by atoms with van der Waals surface area (Å²) in [6, 6.07) is 1.62. The number of aryl methyl sites for hydroxylation is 2. The first-order valence-corrected chi connectivity index (χ1v) is 7.00. The average molecular weight is 279 g/mol. The Morgan fingerprint density at radius 1 is 1.20 bits per heavy atom. The van der Waals surface area contributed by atoms with Crippen LogP contribution in [0.3, 0.4) is 0 Å². The molecule has 0 aromatic heterocycles. The number of rotatable bonds is 6. The molecule has 0 aliphatic rings. The molecular formula is C16H25NO3. The quantitative estimate of drug-likeness (QED) is 0.748. The molecule has 2 atom stereocenters. The van der Waals surface area contributed by atoms with Gasteiger partial charge >= 0.3 is 5.97 Å². The van der Waals surface area contributed by atoms with Gasteiger partial charge in [-0.1, -0.05) is 13.0 Å². The summed E-state index contributed by atoms with van der Waals surface area (Å²) in [6.45, 7) is 10.5. The van der Waals surface area contributed by atoms with Crippen LogP contribution in [-0.4, -0.2) is 28.8 Å². The van der Waals surface area contributed by atoms with Crippen LogP contribution in [0.5, 0.6) is 0 Å². The maximum absolute atomic E-state index is 11.0. The highest BCUT2D eigenvalue weighted by Crippen LogP contribution is 2.30. The van der Waals surface area contributed by atoms with Gasteiger partial charge in [-0.15, -0.1) is 0 Å². The maximum atomic E-state index is 11.0. The van der Waals surface area contributed by atoms with Crippen LogP contribution in [0, 0.1) is 27.7 Å². The molecular weight excluding hydrogens is 254 g/mol. The van der Waals surface area contributed by atoms with Gasteiger partial charge in [-0.3, -0.25) is 4.79 Å². The van der Waals surface area contributed by atoms with Gasteiger partial charge in [0.15, 0.2) is 0 Å². The molecule has 2 unspecified atom stereocenters. The lowest BCUT2D eigenvalue weighted by molar-refractivity contribution is -0.138. The van der Waals surface area contributed by atoms with Crippen molar-refractivity contribution in [1.82, 2.24) is 5.32 Å². The third-order valence-corrected chi connectivity index (χ3v) is 3.96. The summed E-state index contributed by atoms with van der Waals surface area (Å²) in [7, 11) is 0. The molecule has 0 spiro atoms. The topological polar surface area (TPSA) is 69.6 Å². The fourth-order valence-corrected chi connectivity index (χ4v) is 2.64. The van der Waals surface area contributed by atoms with E-state index in [1.807, 2.05) is 34.6 Å². The number of hydrogen-bond donors (Lipinski definition) is 3. The number of carboxylic acids is 1. The van der Waals surface area contributed by atoms with Crippen molar-refractivity contribution in [1.29, 1.82) is 0 Å². The van der Waals surface area contributed by atoms with E-state index in [9.17, 15) is 9.90 Å². The van der Waals surface area contributed by atoms with Crippen molar-refractivity contribution in [2.24, 2.45) is 0 Å². The highest BCUT2D eigenvalue weighted by Gasteiger charge is 2.26. The van der Waals surface area contributed by atoms with E-state index in [0.29, 0.717) is 6.54 Å². The van der Waals surface area contributed by atoms with Gasteiger partial charge in [0.25, 0.3) is 0 Å². The monoisotopic (exact) mass is 279 g/mol. The van der Waals surface area contributed by atoms with Gasteiger partial charge in [0.05, 0.1) is 12.5 Å². The minimum atomic E-state index is -0.908. The lowest BCUT2D eigenvalue weighted by atomic mass is 9.87. The van der Waals surface area contributed by atoms with Gasteiger partial charge in [-0.25, -0.2) is 0 Å². The molecule has 0 aliphatic carbocycles. The molecule has 0 heterocycles. The van der Waals surface area contributed by atoms with Crippen molar-refractivity contribution in [3.05, 3.63) is 33.9 Å². The summed E-state index contributed by atoms with van der Waals surface area (Å²) in [5, 5.41) is 22.7. The van der Waals surface area contributed by atoms with E-state index in [2.05, 4.69) is 11.4 Å². The molecule has 0 aliphatic heterocycles. The molecule has 0 fully saturated rings. The highest BCUT2D eigenvalue weighted by molar-refractivity contribution is 5.67. The second-order valence-electron chi connectivity index (χ2n) is 5.38. The van der Waals surface area contributed by atoms with E-state index >= 15 is 0 Å². The molecule has 0 radical (unpaired) electrons. The molecule has 20 heavy (non-hydrogen) atoms.